The van der Waals surface area contributed by atoms with Gasteiger partial charge in [0, 0.05) is 19.2 Å². The molecule has 2 saturated carbocycles. The topological polar surface area (TPSA) is 41.5 Å². The van der Waals surface area contributed by atoms with Gasteiger partial charge in [-0.1, -0.05) is 19.3 Å². The van der Waals surface area contributed by atoms with Crippen molar-refractivity contribution in [2.24, 2.45) is 0 Å². The van der Waals surface area contributed by atoms with Crippen LogP contribution in [0.5, 0.6) is 0 Å². The van der Waals surface area contributed by atoms with Gasteiger partial charge in [0.25, 0.3) is 0 Å². The van der Waals surface area contributed by atoms with Crippen LogP contribution in [0, 0.1) is 0 Å². The number of aliphatic hydroxyl groups excluding tert-OH is 1. The van der Waals surface area contributed by atoms with E-state index in [-0.39, 0.29) is 6.10 Å². The quantitative estimate of drug-likeness (QED) is 0.723. The highest BCUT2D eigenvalue weighted by Crippen LogP contribution is 2.25. The van der Waals surface area contributed by atoms with Crippen LogP contribution in [0.1, 0.15) is 51.4 Å². The molecule has 2 N–H and O–H groups in total. The maximum atomic E-state index is 10.1. The molecule has 2 aliphatic rings. The maximum absolute atomic E-state index is 10.1. The van der Waals surface area contributed by atoms with Gasteiger partial charge in [0.1, 0.15) is 0 Å². The second-order valence-electron chi connectivity index (χ2n) is 5.29. The number of hydrogen-bond acceptors (Lipinski definition) is 3. The van der Waals surface area contributed by atoms with E-state index in [1.807, 2.05) is 0 Å². The monoisotopic (exact) mass is 227 g/mol. The Morgan fingerprint density at radius 3 is 2.50 bits per heavy atom. The van der Waals surface area contributed by atoms with E-state index in [0.717, 1.165) is 19.3 Å². The third-order valence-electron chi connectivity index (χ3n) is 4.16. The van der Waals surface area contributed by atoms with E-state index in [0.29, 0.717) is 18.2 Å². The molecule has 0 amide bonds. The molecule has 4 unspecified atom stereocenters. The van der Waals surface area contributed by atoms with Crippen LogP contribution in [-0.2, 0) is 4.74 Å². The van der Waals surface area contributed by atoms with Crippen molar-refractivity contribution in [2.45, 2.75) is 75.7 Å². The number of methoxy groups -OCH3 is 1. The van der Waals surface area contributed by atoms with Crippen molar-refractivity contribution in [3.8, 4) is 0 Å². The Kier molecular flexibility index (Phi) is 4.62. The van der Waals surface area contributed by atoms with Gasteiger partial charge in [-0.25, -0.2) is 0 Å². The molecule has 94 valence electrons. The molecule has 0 heterocycles. The molecule has 2 rings (SSSR count). The lowest BCUT2D eigenvalue weighted by molar-refractivity contribution is 0.0612. The average Bonchev–Trinajstić information content (AvgIpc) is 2.64. The van der Waals surface area contributed by atoms with E-state index in [9.17, 15) is 5.11 Å². The molecule has 0 aliphatic heterocycles. The van der Waals surface area contributed by atoms with Crippen molar-refractivity contribution in [1.82, 2.24) is 5.32 Å². The lowest BCUT2D eigenvalue weighted by Crippen LogP contribution is -2.48. The summed E-state index contributed by atoms with van der Waals surface area (Å²) in [7, 11) is 1.80. The molecule has 0 radical (unpaired) electrons. The molecule has 16 heavy (non-hydrogen) atoms. The van der Waals surface area contributed by atoms with Crippen molar-refractivity contribution in [1.29, 1.82) is 0 Å². The summed E-state index contributed by atoms with van der Waals surface area (Å²) in [5, 5.41) is 13.7. The molecule has 4 atom stereocenters. The molecular formula is C13H25NO2. The molecule has 2 fully saturated rings. The summed E-state index contributed by atoms with van der Waals surface area (Å²) in [4.78, 5) is 0. The zero-order chi connectivity index (χ0) is 11.4. The molecule has 0 saturated heterocycles. The van der Waals surface area contributed by atoms with Crippen LogP contribution in [-0.4, -0.2) is 36.5 Å². The minimum absolute atomic E-state index is 0.152. The molecule has 0 bridgehead atoms. The second-order valence-corrected chi connectivity index (χ2v) is 5.29. The number of aliphatic hydroxyl groups is 1. The fraction of sp³-hybridized carbons (Fsp3) is 1.00. The minimum atomic E-state index is -0.152. The zero-order valence-corrected chi connectivity index (χ0v) is 10.3. The lowest BCUT2D eigenvalue weighted by atomic mass is 10.0. The van der Waals surface area contributed by atoms with Crippen molar-refractivity contribution >= 4 is 0 Å². The molecule has 3 heteroatoms. The molecule has 2 aliphatic carbocycles. The van der Waals surface area contributed by atoms with Gasteiger partial charge >= 0.3 is 0 Å². The van der Waals surface area contributed by atoms with Crippen LogP contribution in [0.3, 0.4) is 0 Å². The van der Waals surface area contributed by atoms with Crippen LogP contribution in [0.15, 0.2) is 0 Å². The van der Waals surface area contributed by atoms with Crippen LogP contribution in [0.25, 0.3) is 0 Å². The predicted octanol–water partition coefficient (Wildman–Crippen LogP) is 1.84. The van der Waals surface area contributed by atoms with Crippen molar-refractivity contribution in [3.05, 3.63) is 0 Å². The lowest BCUT2D eigenvalue weighted by Gasteiger charge is -2.28. The first-order chi connectivity index (χ1) is 7.81. The highest BCUT2D eigenvalue weighted by Gasteiger charge is 2.31. The SMILES string of the molecule is COC1CCCC1NC1CCCCCC1O. The van der Waals surface area contributed by atoms with E-state index < -0.39 is 0 Å². The fourth-order valence-corrected chi connectivity index (χ4v) is 3.16. The van der Waals surface area contributed by atoms with Gasteiger partial charge in [-0.15, -0.1) is 0 Å². The first-order valence-corrected chi connectivity index (χ1v) is 6.78. The summed E-state index contributed by atoms with van der Waals surface area (Å²) < 4.78 is 5.49. The number of rotatable bonds is 3. The predicted molar refractivity (Wildman–Crippen MR) is 64.5 cm³/mol. The van der Waals surface area contributed by atoms with Crippen LogP contribution in [0.2, 0.25) is 0 Å². The summed E-state index contributed by atoms with van der Waals surface area (Å²) in [5.74, 6) is 0. The highest BCUT2D eigenvalue weighted by molar-refractivity contribution is 4.89. The zero-order valence-electron chi connectivity index (χ0n) is 10.3. The maximum Gasteiger partial charge on any atom is 0.0724 e. The van der Waals surface area contributed by atoms with Crippen LogP contribution < -0.4 is 5.32 Å². The number of ether oxygens (including phenoxy) is 1. The normalized spacial score (nSPS) is 40.9. The van der Waals surface area contributed by atoms with E-state index in [1.54, 1.807) is 7.11 Å². The highest BCUT2D eigenvalue weighted by atomic mass is 16.5. The first kappa shape index (κ1) is 12.3. The van der Waals surface area contributed by atoms with Gasteiger partial charge in [0.2, 0.25) is 0 Å². The Bertz CT molecular complexity index is 210. The van der Waals surface area contributed by atoms with Gasteiger partial charge in [0.15, 0.2) is 0 Å². The Morgan fingerprint density at radius 1 is 0.938 bits per heavy atom. The van der Waals surface area contributed by atoms with Gasteiger partial charge in [-0.3, -0.25) is 0 Å². The Hall–Kier alpha value is -0.120. The Morgan fingerprint density at radius 2 is 1.69 bits per heavy atom. The number of hydrogen-bond donors (Lipinski definition) is 2. The molecule has 0 aromatic carbocycles. The van der Waals surface area contributed by atoms with Crippen LogP contribution >= 0.6 is 0 Å². The summed E-state index contributed by atoms with van der Waals surface area (Å²) in [6.45, 7) is 0. The van der Waals surface area contributed by atoms with E-state index in [1.165, 1.54) is 32.1 Å². The van der Waals surface area contributed by atoms with Crippen LogP contribution in [0.4, 0.5) is 0 Å². The Balaban J connectivity index is 1.86. The van der Waals surface area contributed by atoms with Gasteiger partial charge in [-0.05, 0) is 32.1 Å². The largest absolute Gasteiger partial charge is 0.392 e. The Labute approximate surface area is 98.6 Å². The molecule has 0 aromatic heterocycles. The van der Waals surface area contributed by atoms with E-state index in [4.69, 9.17) is 4.74 Å². The minimum Gasteiger partial charge on any atom is -0.392 e. The van der Waals surface area contributed by atoms with Crippen molar-refractivity contribution < 1.29 is 9.84 Å². The fourth-order valence-electron chi connectivity index (χ4n) is 3.16. The van der Waals surface area contributed by atoms with Gasteiger partial charge in [0.05, 0.1) is 12.2 Å². The smallest absolute Gasteiger partial charge is 0.0724 e. The molecule has 0 aromatic rings. The third-order valence-corrected chi connectivity index (χ3v) is 4.16. The summed E-state index contributed by atoms with van der Waals surface area (Å²) in [5.41, 5.74) is 0. The third kappa shape index (κ3) is 2.96. The standard InChI is InChI=1S/C13H25NO2/c1-16-13-9-5-7-11(13)14-10-6-3-2-4-8-12(10)15/h10-15H,2-9H2,1H3. The first-order valence-electron chi connectivity index (χ1n) is 6.78. The van der Waals surface area contributed by atoms with Crippen molar-refractivity contribution in [2.75, 3.05) is 7.11 Å². The van der Waals surface area contributed by atoms with E-state index in [2.05, 4.69) is 5.32 Å². The molecule has 0 spiro atoms. The van der Waals surface area contributed by atoms with Gasteiger partial charge in [-0.2, -0.15) is 0 Å². The average molecular weight is 227 g/mol. The molecule has 3 nitrogen and oxygen atoms in total. The summed E-state index contributed by atoms with van der Waals surface area (Å²) in [6, 6.07) is 0.756. The number of nitrogens with one attached hydrogen (secondary N) is 1. The van der Waals surface area contributed by atoms with Gasteiger partial charge < -0.3 is 15.2 Å². The van der Waals surface area contributed by atoms with Crippen molar-refractivity contribution in [3.63, 3.8) is 0 Å². The molecular weight excluding hydrogens is 202 g/mol. The summed E-state index contributed by atoms with van der Waals surface area (Å²) >= 11 is 0. The second kappa shape index (κ2) is 5.99. The van der Waals surface area contributed by atoms with E-state index >= 15 is 0 Å². The summed E-state index contributed by atoms with van der Waals surface area (Å²) in [6.07, 6.45) is 9.59.